The predicted molar refractivity (Wildman–Crippen MR) is 84.5 cm³/mol. The number of aromatic nitrogens is 1. The normalized spacial score (nSPS) is 23.6. The predicted octanol–water partition coefficient (Wildman–Crippen LogP) is -0.158. The van der Waals surface area contributed by atoms with Crippen LogP contribution in [0.1, 0.15) is 16.8 Å². The first kappa shape index (κ1) is 16.2. The summed E-state index contributed by atoms with van der Waals surface area (Å²) in [5.41, 5.74) is 0.254. The van der Waals surface area contributed by atoms with Crippen molar-refractivity contribution < 1.29 is 14.3 Å². The van der Waals surface area contributed by atoms with E-state index in [1.165, 1.54) is 18.3 Å². The lowest BCUT2D eigenvalue weighted by molar-refractivity contribution is 0.00166. The van der Waals surface area contributed by atoms with E-state index >= 15 is 0 Å². The Morgan fingerprint density at radius 3 is 2.78 bits per heavy atom. The van der Waals surface area contributed by atoms with Crippen molar-refractivity contribution in [3.05, 3.63) is 34.2 Å². The highest BCUT2D eigenvalue weighted by molar-refractivity contribution is 5.93. The van der Waals surface area contributed by atoms with Crippen LogP contribution in [0.3, 0.4) is 0 Å². The Balaban J connectivity index is 1.62. The number of morpholine rings is 1. The first-order valence-corrected chi connectivity index (χ1v) is 8.10. The van der Waals surface area contributed by atoms with Crippen LogP contribution in [-0.2, 0) is 9.47 Å². The lowest BCUT2D eigenvalue weighted by atomic mass is 9.96. The van der Waals surface area contributed by atoms with Crippen LogP contribution in [0.15, 0.2) is 23.1 Å². The summed E-state index contributed by atoms with van der Waals surface area (Å²) in [5, 5.41) is 2.99. The summed E-state index contributed by atoms with van der Waals surface area (Å²) in [6.45, 7) is 5.35. The van der Waals surface area contributed by atoms with Gasteiger partial charge in [-0.1, -0.05) is 0 Å². The SMILES string of the molecule is O=C(NCC(C1CCOC1)N1CCOCC1)c1ccc(=O)[nH]c1. The molecule has 1 amide bonds. The van der Waals surface area contributed by atoms with Crippen molar-refractivity contribution >= 4 is 5.91 Å². The van der Waals surface area contributed by atoms with Crippen molar-refractivity contribution in [1.82, 2.24) is 15.2 Å². The fraction of sp³-hybridized carbons (Fsp3) is 0.625. The number of carbonyl (C=O) groups excluding carboxylic acids is 1. The molecule has 2 fully saturated rings. The summed E-state index contributed by atoms with van der Waals surface area (Å²) >= 11 is 0. The molecule has 126 valence electrons. The van der Waals surface area contributed by atoms with Gasteiger partial charge in [0.1, 0.15) is 0 Å². The van der Waals surface area contributed by atoms with Crippen LogP contribution < -0.4 is 10.9 Å². The average Bonchev–Trinajstić information content (AvgIpc) is 3.11. The zero-order chi connectivity index (χ0) is 16.1. The Bertz CT molecular complexity index is 556. The summed E-state index contributed by atoms with van der Waals surface area (Å²) in [4.78, 5) is 28.2. The third-order valence-electron chi connectivity index (χ3n) is 4.54. The number of hydrogen-bond acceptors (Lipinski definition) is 5. The number of nitrogens with zero attached hydrogens (tertiary/aromatic N) is 1. The molecule has 7 nitrogen and oxygen atoms in total. The molecule has 2 aliphatic rings. The first-order valence-electron chi connectivity index (χ1n) is 8.10. The minimum Gasteiger partial charge on any atom is -0.381 e. The van der Waals surface area contributed by atoms with Gasteiger partial charge in [0.25, 0.3) is 5.91 Å². The molecule has 23 heavy (non-hydrogen) atoms. The van der Waals surface area contributed by atoms with Gasteiger partial charge in [0.05, 0.1) is 25.4 Å². The Morgan fingerprint density at radius 1 is 1.30 bits per heavy atom. The van der Waals surface area contributed by atoms with Crippen LogP contribution in [0.2, 0.25) is 0 Å². The van der Waals surface area contributed by atoms with E-state index in [2.05, 4.69) is 15.2 Å². The number of amides is 1. The minimum absolute atomic E-state index is 0.168. The van der Waals surface area contributed by atoms with E-state index in [4.69, 9.17) is 9.47 Å². The van der Waals surface area contributed by atoms with Crippen molar-refractivity contribution in [3.63, 3.8) is 0 Å². The summed E-state index contributed by atoms with van der Waals surface area (Å²) in [5.74, 6) is 0.266. The molecular formula is C16H23N3O4. The smallest absolute Gasteiger partial charge is 0.252 e. The number of ether oxygens (including phenoxy) is 2. The van der Waals surface area contributed by atoms with Crippen LogP contribution >= 0.6 is 0 Å². The van der Waals surface area contributed by atoms with E-state index in [9.17, 15) is 9.59 Å². The van der Waals surface area contributed by atoms with Gasteiger partial charge < -0.3 is 19.8 Å². The number of aromatic amines is 1. The Hall–Kier alpha value is -1.70. The van der Waals surface area contributed by atoms with Crippen molar-refractivity contribution in [2.75, 3.05) is 46.1 Å². The van der Waals surface area contributed by atoms with Gasteiger partial charge in [-0.3, -0.25) is 14.5 Å². The number of hydrogen-bond donors (Lipinski definition) is 2. The largest absolute Gasteiger partial charge is 0.381 e. The summed E-state index contributed by atoms with van der Waals surface area (Å²) in [6, 6.07) is 3.16. The summed E-state index contributed by atoms with van der Waals surface area (Å²) < 4.78 is 10.9. The number of pyridine rings is 1. The molecule has 2 N–H and O–H groups in total. The van der Waals surface area contributed by atoms with Gasteiger partial charge in [0.15, 0.2) is 0 Å². The van der Waals surface area contributed by atoms with E-state index in [1.807, 2.05) is 0 Å². The molecule has 0 bridgehead atoms. The van der Waals surface area contributed by atoms with Crippen LogP contribution in [0.25, 0.3) is 0 Å². The monoisotopic (exact) mass is 321 g/mol. The van der Waals surface area contributed by atoms with Crippen molar-refractivity contribution in [2.45, 2.75) is 12.5 Å². The molecule has 0 saturated carbocycles. The van der Waals surface area contributed by atoms with Crippen molar-refractivity contribution in [2.24, 2.45) is 5.92 Å². The molecule has 0 spiro atoms. The molecule has 1 aromatic rings. The van der Waals surface area contributed by atoms with E-state index < -0.39 is 0 Å². The summed E-state index contributed by atoms with van der Waals surface area (Å²) in [6.07, 6.45) is 2.47. The Kier molecular flexibility index (Phi) is 5.43. The van der Waals surface area contributed by atoms with Gasteiger partial charge in [-0.25, -0.2) is 0 Å². The molecule has 2 aliphatic heterocycles. The fourth-order valence-electron chi connectivity index (χ4n) is 3.21. The fourth-order valence-corrected chi connectivity index (χ4v) is 3.21. The standard InChI is InChI=1S/C16H23N3O4/c20-15-2-1-12(9-17-15)16(21)18-10-14(13-3-6-23-11-13)19-4-7-22-8-5-19/h1-2,9,13-14H,3-8,10-11H2,(H,17,20)(H,18,21). The zero-order valence-corrected chi connectivity index (χ0v) is 13.1. The first-order chi connectivity index (χ1) is 11.2. The molecule has 7 heteroatoms. The number of H-pyrrole nitrogens is 1. The maximum Gasteiger partial charge on any atom is 0.252 e. The van der Waals surface area contributed by atoms with Gasteiger partial charge in [0.2, 0.25) is 5.56 Å². The highest BCUT2D eigenvalue weighted by Gasteiger charge is 2.31. The second-order valence-corrected chi connectivity index (χ2v) is 5.99. The Labute approximate surface area is 135 Å². The highest BCUT2D eigenvalue weighted by atomic mass is 16.5. The van der Waals surface area contributed by atoms with E-state index in [-0.39, 0.29) is 17.5 Å². The third-order valence-corrected chi connectivity index (χ3v) is 4.54. The number of carbonyl (C=O) groups is 1. The quantitative estimate of drug-likeness (QED) is 0.787. The lowest BCUT2D eigenvalue weighted by Gasteiger charge is -2.37. The summed E-state index contributed by atoms with van der Waals surface area (Å²) in [7, 11) is 0. The number of rotatable bonds is 5. The maximum absolute atomic E-state index is 12.3. The van der Waals surface area contributed by atoms with E-state index in [0.29, 0.717) is 18.0 Å². The second-order valence-electron chi connectivity index (χ2n) is 5.99. The molecule has 3 heterocycles. The van der Waals surface area contributed by atoms with Gasteiger partial charge in [-0.2, -0.15) is 0 Å². The zero-order valence-electron chi connectivity index (χ0n) is 13.1. The van der Waals surface area contributed by atoms with E-state index in [1.54, 1.807) is 0 Å². The third kappa shape index (κ3) is 4.19. The molecule has 0 radical (unpaired) electrons. The average molecular weight is 321 g/mol. The molecular weight excluding hydrogens is 298 g/mol. The highest BCUT2D eigenvalue weighted by Crippen LogP contribution is 2.21. The van der Waals surface area contributed by atoms with Gasteiger partial charge in [-0.15, -0.1) is 0 Å². The van der Waals surface area contributed by atoms with Gasteiger partial charge in [-0.05, 0) is 12.5 Å². The molecule has 3 rings (SSSR count). The molecule has 2 saturated heterocycles. The minimum atomic E-state index is -0.212. The van der Waals surface area contributed by atoms with Crippen molar-refractivity contribution in [3.8, 4) is 0 Å². The lowest BCUT2D eigenvalue weighted by Crippen LogP contribution is -2.52. The van der Waals surface area contributed by atoms with Gasteiger partial charge in [0, 0.05) is 50.5 Å². The van der Waals surface area contributed by atoms with Crippen LogP contribution in [0, 0.1) is 5.92 Å². The molecule has 2 unspecified atom stereocenters. The number of nitrogens with one attached hydrogen (secondary N) is 2. The van der Waals surface area contributed by atoms with Crippen molar-refractivity contribution in [1.29, 1.82) is 0 Å². The molecule has 0 aliphatic carbocycles. The molecule has 0 aromatic carbocycles. The van der Waals surface area contributed by atoms with Crippen LogP contribution in [-0.4, -0.2) is 67.9 Å². The molecule has 1 aromatic heterocycles. The van der Waals surface area contributed by atoms with Gasteiger partial charge >= 0.3 is 0 Å². The topological polar surface area (TPSA) is 83.7 Å². The van der Waals surface area contributed by atoms with E-state index in [0.717, 1.165) is 45.9 Å². The maximum atomic E-state index is 12.3. The molecule has 2 atom stereocenters. The van der Waals surface area contributed by atoms with Crippen LogP contribution in [0.4, 0.5) is 0 Å². The Morgan fingerprint density at radius 2 is 2.13 bits per heavy atom. The second kappa shape index (κ2) is 7.72. The van der Waals surface area contributed by atoms with Crippen LogP contribution in [0.5, 0.6) is 0 Å².